The van der Waals surface area contributed by atoms with Crippen LogP contribution >= 0.6 is 0 Å². The highest BCUT2D eigenvalue weighted by Crippen LogP contribution is 2.45. The van der Waals surface area contributed by atoms with Gasteiger partial charge in [0.05, 0.1) is 6.61 Å². The summed E-state index contributed by atoms with van der Waals surface area (Å²) in [7, 11) is 0. The first-order chi connectivity index (χ1) is 8.88. The average molecular weight is 261 g/mol. The first-order valence-electron chi connectivity index (χ1n) is 7.37. The Morgan fingerprint density at radius 1 is 1.21 bits per heavy atom. The summed E-state index contributed by atoms with van der Waals surface area (Å²) in [5.74, 6) is 1.54. The van der Waals surface area contributed by atoms with Gasteiger partial charge in [0.2, 0.25) is 0 Å². The summed E-state index contributed by atoms with van der Waals surface area (Å²) in [5, 5.41) is 3.69. The predicted molar refractivity (Wildman–Crippen MR) is 80.5 cm³/mol. The Morgan fingerprint density at radius 2 is 1.79 bits per heavy atom. The molecule has 0 aromatic heterocycles. The van der Waals surface area contributed by atoms with E-state index < -0.39 is 0 Å². The van der Waals surface area contributed by atoms with Crippen LogP contribution in [0.3, 0.4) is 0 Å². The highest BCUT2D eigenvalue weighted by atomic mass is 16.5. The molecule has 1 aromatic rings. The minimum atomic E-state index is 0.408. The van der Waals surface area contributed by atoms with Gasteiger partial charge in [-0.15, -0.1) is 0 Å². The minimum Gasteiger partial charge on any atom is -0.493 e. The summed E-state index contributed by atoms with van der Waals surface area (Å²) in [6.45, 7) is 12.0. The maximum absolute atomic E-state index is 5.71. The lowest BCUT2D eigenvalue weighted by atomic mass is 10.1. The lowest BCUT2D eigenvalue weighted by molar-refractivity contribution is 0.271. The van der Waals surface area contributed by atoms with E-state index in [4.69, 9.17) is 4.74 Å². The molecule has 1 fully saturated rings. The Labute approximate surface area is 117 Å². The topological polar surface area (TPSA) is 21.3 Å². The van der Waals surface area contributed by atoms with Gasteiger partial charge in [0.25, 0.3) is 0 Å². The van der Waals surface area contributed by atoms with Crippen LogP contribution in [0.2, 0.25) is 0 Å². The van der Waals surface area contributed by atoms with Crippen LogP contribution in [0.4, 0.5) is 0 Å². The molecule has 1 aliphatic carbocycles. The molecule has 2 heteroatoms. The number of hydrogen-bond donors (Lipinski definition) is 1. The molecule has 2 nitrogen and oxygen atoms in total. The Morgan fingerprint density at radius 3 is 2.26 bits per heavy atom. The molecule has 106 valence electrons. The van der Waals surface area contributed by atoms with Crippen molar-refractivity contribution >= 4 is 0 Å². The highest BCUT2D eigenvalue weighted by molar-refractivity contribution is 5.29. The second-order valence-corrected chi connectivity index (χ2v) is 6.91. The van der Waals surface area contributed by atoms with Crippen molar-refractivity contribution in [3.63, 3.8) is 0 Å². The molecule has 2 unspecified atom stereocenters. The van der Waals surface area contributed by atoms with Crippen LogP contribution in [0.1, 0.15) is 52.6 Å². The van der Waals surface area contributed by atoms with Crippen LogP contribution in [-0.4, -0.2) is 12.6 Å². The standard InChI is InChI=1S/C17H27NO/c1-12(2)11-19-15-8-6-14(7-9-15)13(3)18-16-10-17(16,4)5/h6-9,12-13,16,18H,10-11H2,1-5H3. The zero-order valence-corrected chi connectivity index (χ0v) is 12.9. The zero-order valence-electron chi connectivity index (χ0n) is 12.9. The number of ether oxygens (including phenoxy) is 1. The first-order valence-corrected chi connectivity index (χ1v) is 7.37. The van der Waals surface area contributed by atoms with E-state index in [9.17, 15) is 0 Å². The Balaban J connectivity index is 1.87. The van der Waals surface area contributed by atoms with E-state index in [0.29, 0.717) is 23.4 Å². The van der Waals surface area contributed by atoms with Crippen molar-refractivity contribution in [3.05, 3.63) is 29.8 Å². The zero-order chi connectivity index (χ0) is 14.0. The maximum atomic E-state index is 5.71. The third kappa shape index (κ3) is 3.97. The van der Waals surface area contributed by atoms with Crippen molar-refractivity contribution in [2.24, 2.45) is 11.3 Å². The van der Waals surface area contributed by atoms with Gasteiger partial charge in [-0.3, -0.25) is 0 Å². The van der Waals surface area contributed by atoms with Crippen molar-refractivity contribution in [2.75, 3.05) is 6.61 Å². The molecule has 2 rings (SSSR count). The van der Waals surface area contributed by atoms with Crippen LogP contribution in [0.5, 0.6) is 5.75 Å². The monoisotopic (exact) mass is 261 g/mol. The summed E-state index contributed by atoms with van der Waals surface area (Å²) in [6.07, 6.45) is 1.28. The molecular formula is C17H27NO. The van der Waals surface area contributed by atoms with E-state index in [-0.39, 0.29) is 0 Å². The summed E-state index contributed by atoms with van der Waals surface area (Å²) < 4.78 is 5.71. The fourth-order valence-corrected chi connectivity index (χ4v) is 2.27. The summed E-state index contributed by atoms with van der Waals surface area (Å²) in [6, 6.07) is 9.57. The fourth-order valence-electron chi connectivity index (χ4n) is 2.27. The first kappa shape index (κ1) is 14.4. The second kappa shape index (κ2) is 5.54. The van der Waals surface area contributed by atoms with E-state index in [1.165, 1.54) is 12.0 Å². The highest BCUT2D eigenvalue weighted by Gasteiger charge is 2.45. The molecule has 0 bridgehead atoms. The Hall–Kier alpha value is -1.02. The van der Waals surface area contributed by atoms with Crippen LogP contribution in [0.15, 0.2) is 24.3 Å². The van der Waals surface area contributed by atoms with Gasteiger partial charge in [-0.25, -0.2) is 0 Å². The van der Waals surface area contributed by atoms with Gasteiger partial charge in [-0.05, 0) is 42.4 Å². The predicted octanol–water partition coefficient (Wildman–Crippen LogP) is 4.17. The maximum Gasteiger partial charge on any atom is 0.119 e. The van der Waals surface area contributed by atoms with E-state index in [1.54, 1.807) is 0 Å². The van der Waals surface area contributed by atoms with Crippen LogP contribution in [0.25, 0.3) is 0 Å². The molecule has 0 heterocycles. The largest absolute Gasteiger partial charge is 0.493 e. The molecule has 1 N–H and O–H groups in total. The number of rotatable bonds is 6. The molecular weight excluding hydrogens is 234 g/mol. The lowest BCUT2D eigenvalue weighted by Crippen LogP contribution is -2.24. The van der Waals surface area contributed by atoms with Gasteiger partial charge in [0.15, 0.2) is 0 Å². The molecule has 1 aromatic carbocycles. The summed E-state index contributed by atoms with van der Waals surface area (Å²) in [4.78, 5) is 0. The van der Waals surface area contributed by atoms with Gasteiger partial charge in [0, 0.05) is 12.1 Å². The number of nitrogens with one attached hydrogen (secondary N) is 1. The third-order valence-electron chi connectivity index (χ3n) is 3.93. The molecule has 0 spiro atoms. The Kier molecular flexibility index (Phi) is 4.19. The molecule has 19 heavy (non-hydrogen) atoms. The number of benzene rings is 1. The van der Waals surface area contributed by atoms with Gasteiger partial charge >= 0.3 is 0 Å². The van der Waals surface area contributed by atoms with Gasteiger partial charge < -0.3 is 10.1 Å². The molecule has 0 amide bonds. The van der Waals surface area contributed by atoms with E-state index in [1.807, 2.05) is 0 Å². The van der Waals surface area contributed by atoms with Crippen molar-refractivity contribution in [1.82, 2.24) is 5.32 Å². The van der Waals surface area contributed by atoms with E-state index in [0.717, 1.165) is 12.4 Å². The van der Waals surface area contributed by atoms with Gasteiger partial charge in [-0.1, -0.05) is 39.8 Å². The minimum absolute atomic E-state index is 0.408. The molecule has 0 saturated heterocycles. The summed E-state index contributed by atoms with van der Waals surface area (Å²) >= 11 is 0. The smallest absolute Gasteiger partial charge is 0.119 e. The fraction of sp³-hybridized carbons (Fsp3) is 0.647. The van der Waals surface area contributed by atoms with Crippen molar-refractivity contribution in [2.45, 2.75) is 53.1 Å². The van der Waals surface area contributed by atoms with Crippen LogP contribution in [0, 0.1) is 11.3 Å². The van der Waals surface area contributed by atoms with Crippen molar-refractivity contribution < 1.29 is 4.74 Å². The Bertz CT molecular complexity index is 408. The number of hydrogen-bond acceptors (Lipinski definition) is 2. The second-order valence-electron chi connectivity index (χ2n) is 6.91. The van der Waals surface area contributed by atoms with Crippen LogP contribution in [-0.2, 0) is 0 Å². The molecule has 1 saturated carbocycles. The molecule has 0 aliphatic heterocycles. The molecule has 0 radical (unpaired) electrons. The van der Waals surface area contributed by atoms with Crippen molar-refractivity contribution in [1.29, 1.82) is 0 Å². The normalized spacial score (nSPS) is 22.3. The van der Waals surface area contributed by atoms with E-state index in [2.05, 4.69) is 64.2 Å². The van der Waals surface area contributed by atoms with E-state index >= 15 is 0 Å². The summed E-state index contributed by atoms with van der Waals surface area (Å²) in [5.41, 5.74) is 1.81. The van der Waals surface area contributed by atoms with Crippen LogP contribution < -0.4 is 10.1 Å². The van der Waals surface area contributed by atoms with Gasteiger partial charge in [-0.2, -0.15) is 0 Å². The molecule has 1 aliphatic rings. The average Bonchev–Trinajstić information content (AvgIpc) is 2.94. The van der Waals surface area contributed by atoms with Gasteiger partial charge in [0.1, 0.15) is 5.75 Å². The van der Waals surface area contributed by atoms with Crippen molar-refractivity contribution in [3.8, 4) is 5.75 Å². The SMILES string of the molecule is CC(C)COc1ccc(C(C)NC2CC2(C)C)cc1. The molecule has 2 atom stereocenters. The lowest BCUT2D eigenvalue weighted by Gasteiger charge is -2.16. The third-order valence-corrected chi connectivity index (χ3v) is 3.93. The quantitative estimate of drug-likeness (QED) is 0.830.